The fourth-order valence-electron chi connectivity index (χ4n) is 6.15. The number of rotatable bonds is 6. The highest BCUT2D eigenvalue weighted by Gasteiger charge is 2.53. The molecule has 1 saturated carbocycles. The fourth-order valence-corrected chi connectivity index (χ4v) is 7.02. The highest BCUT2D eigenvalue weighted by atomic mass is 32.1. The Morgan fingerprint density at radius 3 is 2.49 bits per heavy atom. The Morgan fingerprint density at radius 2 is 1.81 bits per heavy atom. The predicted octanol–water partition coefficient (Wildman–Crippen LogP) is 6.01. The van der Waals surface area contributed by atoms with E-state index in [2.05, 4.69) is 17.1 Å². The van der Waals surface area contributed by atoms with E-state index in [0.29, 0.717) is 10.0 Å². The second-order valence-corrected chi connectivity index (χ2v) is 11.7. The summed E-state index contributed by atoms with van der Waals surface area (Å²) in [6, 6.07) is 12.8. The lowest BCUT2D eigenvalue weighted by molar-refractivity contribution is 0.0264. The molecule has 6 rings (SSSR count). The molecule has 0 radical (unpaired) electrons. The number of carbonyl (C=O) groups is 1. The highest BCUT2D eigenvalue weighted by molar-refractivity contribution is 7.14. The quantitative estimate of drug-likeness (QED) is 0.267. The van der Waals surface area contributed by atoms with Crippen LogP contribution in [0.15, 0.2) is 59.5 Å². The number of hydrogen-bond donors (Lipinski definition) is 0. The number of hydrogen-bond acceptors (Lipinski definition) is 7. The van der Waals surface area contributed by atoms with Crippen molar-refractivity contribution in [2.75, 3.05) is 19.1 Å². The van der Waals surface area contributed by atoms with Gasteiger partial charge in [0, 0.05) is 32.8 Å². The molecule has 0 bridgehead atoms. The van der Waals surface area contributed by atoms with Gasteiger partial charge in [0.15, 0.2) is 16.5 Å². The van der Waals surface area contributed by atoms with Gasteiger partial charge in [-0.2, -0.15) is 0 Å². The van der Waals surface area contributed by atoms with Crippen LogP contribution < -0.4 is 15.2 Å². The lowest BCUT2D eigenvalue weighted by Gasteiger charge is -2.53. The van der Waals surface area contributed by atoms with Crippen LogP contribution in [0.5, 0.6) is 5.75 Å². The summed E-state index contributed by atoms with van der Waals surface area (Å²) >= 11 is 1.14. The summed E-state index contributed by atoms with van der Waals surface area (Å²) in [5.74, 6) is -1.48. The molecule has 0 N–H and O–H groups in total. The van der Waals surface area contributed by atoms with Gasteiger partial charge in [-0.15, -0.1) is 10.2 Å². The summed E-state index contributed by atoms with van der Waals surface area (Å²) in [6.07, 6.45) is 4.47. The number of ether oxygens (including phenoxy) is 1. The van der Waals surface area contributed by atoms with Crippen LogP contribution in [-0.4, -0.2) is 45.4 Å². The molecule has 2 aromatic heterocycles. The lowest BCUT2D eigenvalue weighted by atomic mass is 9.94. The van der Waals surface area contributed by atoms with Gasteiger partial charge in [-0.25, -0.2) is 8.78 Å². The highest BCUT2D eigenvalue weighted by Crippen LogP contribution is 2.45. The second-order valence-electron chi connectivity index (χ2n) is 10.6. The Bertz CT molecular complexity index is 1690. The summed E-state index contributed by atoms with van der Waals surface area (Å²) in [7, 11) is 3.71. The number of nitrogens with zero attached hydrogens (tertiary/aromatic N) is 5. The first-order chi connectivity index (χ1) is 20.7. The first-order valence-corrected chi connectivity index (χ1v) is 15.3. The van der Waals surface area contributed by atoms with E-state index >= 15 is 0 Å². The van der Waals surface area contributed by atoms with Crippen LogP contribution in [0.1, 0.15) is 66.7 Å². The monoisotopic (exact) mass is 607 g/mol. The van der Waals surface area contributed by atoms with Crippen molar-refractivity contribution in [3.63, 3.8) is 0 Å². The van der Waals surface area contributed by atoms with Crippen molar-refractivity contribution >= 4 is 17.2 Å². The topological polar surface area (TPSA) is 80.6 Å². The first-order valence-electron chi connectivity index (χ1n) is 14.5. The van der Waals surface area contributed by atoms with Crippen LogP contribution in [0.25, 0.3) is 10.6 Å². The molecule has 2 unspecified atom stereocenters. The van der Waals surface area contributed by atoms with Crippen molar-refractivity contribution in [1.29, 1.82) is 0 Å². The minimum Gasteiger partial charge on any atom is -0.482 e. The third-order valence-corrected chi connectivity index (χ3v) is 9.33. The number of benzene rings is 2. The molecule has 2 aliphatic rings. The maximum atomic E-state index is 14.3. The van der Waals surface area contributed by atoms with E-state index in [9.17, 15) is 18.4 Å². The molecule has 8 nitrogen and oxygen atoms in total. The molecular weight excluding hydrogens is 572 g/mol. The van der Waals surface area contributed by atoms with Gasteiger partial charge in [-0.1, -0.05) is 68.5 Å². The number of aromatic nitrogens is 3. The maximum Gasteiger partial charge on any atom is 0.278 e. The third kappa shape index (κ3) is 5.30. The lowest BCUT2D eigenvalue weighted by Crippen LogP contribution is -2.69. The Morgan fingerprint density at radius 1 is 1.07 bits per heavy atom. The maximum absolute atomic E-state index is 14.3. The van der Waals surface area contributed by atoms with Crippen molar-refractivity contribution in [2.24, 2.45) is 5.92 Å². The molecule has 4 aromatic rings. The Labute approximate surface area is 253 Å². The largest absolute Gasteiger partial charge is 0.482 e. The zero-order valence-electron chi connectivity index (χ0n) is 24.9. The van der Waals surface area contributed by atoms with E-state index in [-0.39, 0.29) is 47.4 Å². The number of pyridine rings is 1. The first kappa shape index (κ1) is 30.3. The van der Waals surface area contributed by atoms with Gasteiger partial charge < -0.3 is 9.64 Å². The zero-order valence-corrected chi connectivity index (χ0v) is 25.8. The SMILES string of the molecule is CC.CC1CCCC12N(C)C(=O)c1c(OCc3ccccc3)c(=O)c(-c3nnc(Cc4ccc(F)cc4F)s3)cn1N2C. The normalized spacial score (nSPS) is 19.3. The minimum absolute atomic E-state index is 0.0584. The van der Waals surface area contributed by atoms with Crippen LogP contribution in [0.2, 0.25) is 0 Å². The molecule has 2 aromatic carbocycles. The Kier molecular flexibility index (Phi) is 8.64. The van der Waals surface area contributed by atoms with Crippen molar-refractivity contribution in [2.45, 2.75) is 58.7 Å². The van der Waals surface area contributed by atoms with E-state index in [1.165, 1.54) is 12.1 Å². The van der Waals surface area contributed by atoms with Crippen LogP contribution in [-0.2, 0) is 13.0 Å². The van der Waals surface area contributed by atoms with E-state index in [1.807, 2.05) is 56.2 Å². The number of carbonyl (C=O) groups excluding carboxylic acids is 1. The molecule has 3 heterocycles. The molecule has 0 saturated heterocycles. The second kappa shape index (κ2) is 12.2. The van der Waals surface area contributed by atoms with Crippen LogP contribution in [0, 0.1) is 17.6 Å². The average Bonchev–Trinajstić information content (AvgIpc) is 3.64. The van der Waals surface area contributed by atoms with Crippen LogP contribution >= 0.6 is 11.3 Å². The molecule has 1 fully saturated rings. The molecule has 226 valence electrons. The summed E-state index contributed by atoms with van der Waals surface area (Å²) in [5.41, 5.74) is 0.468. The van der Waals surface area contributed by atoms with Crippen molar-refractivity contribution in [3.05, 3.63) is 98.4 Å². The summed E-state index contributed by atoms with van der Waals surface area (Å²) in [5, 5.41) is 11.2. The average molecular weight is 608 g/mol. The summed E-state index contributed by atoms with van der Waals surface area (Å²) in [6.45, 7) is 6.24. The van der Waals surface area contributed by atoms with Crippen molar-refractivity contribution < 1.29 is 18.3 Å². The Hall–Kier alpha value is -4.12. The minimum atomic E-state index is -0.674. The van der Waals surface area contributed by atoms with E-state index in [1.54, 1.807) is 22.8 Å². The van der Waals surface area contributed by atoms with Gasteiger partial charge in [0.1, 0.15) is 28.9 Å². The smallest absolute Gasteiger partial charge is 0.278 e. The van der Waals surface area contributed by atoms with Gasteiger partial charge in [0.2, 0.25) is 5.43 Å². The molecule has 2 atom stereocenters. The third-order valence-electron chi connectivity index (χ3n) is 8.37. The van der Waals surface area contributed by atoms with Crippen molar-refractivity contribution in [3.8, 4) is 16.3 Å². The van der Waals surface area contributed by atoms with Gasteiger partial charge in [0.25, 0.3) is 5.91 Å². The molecular formula is C32H35F2N5O3S. The van der Waals surface area contributed by atoms with Gasteiger partial charge in [-0.3, -0.25) is 19.3 Å². The number of fused-ring (bicyclic) bond motifs is 1. The van der Waals surface area contributed by atoms with E-state index in [4.69, 9.17) is 4.74 Å². The Balaban J connectivity index is 0.00000180. The van der Waals surface area contributed by atoms with E-state index in [0.717, 1.165) is 42.2 Å². The number of halogens is 2. The van der Waals surface area contributed by atoms with Gasteiger partial charge >= 0.3 is 0 Å². The van der Waals surface area contributed by atoms with Crippen LogP contribution in [0.4, 0.5) is 8.78 Å². The van der Waals surface area contributed by atoms with Gasteiger partial charge in [0.05, 0.1) is 5.56 Å². The predicted molar refractivity (Wildman–Crippen MR) is 163 cm³/mol. The molecule has 1 aliphatic carbocycles. The van der Waals surface area contributed by atoms with Crippen LogP contribution in [0.3, 0.4) is 0 Å². The zero-order chi connectivity index (χ0) is 30.9. The number of amides is 1. The molecule has 1 amide bonds. The van der Waals surface area contributed by atoms with Crippen molar-refractivity contribution in [1.82, 2.24) is 19.8 Å². The summed E-state index contributed by atoms with van der Waals surface area (Å²) in [4.78, 5) is 29.6. The molecule has 1 aliphatic heterocycles. The fraction of sp³-hybridized carbons (Fsp3) is 0.375. The van der Waals surface area contributed by atoms with Gasteiger partial charge in [-0.05, 0) is 42.4 Å². The molecule has 43 heavy (non-hydrogen) atoms. The summed E-state index contributed by atoms with van der Waals surface area (Å²) < 4.78 is 35.5. The standard InChI is InChI=1S/C30H29F2N5O3S.C2H6/c1-18-8-7-13-30(18)35(2)29(39)25-27(40-17-19-9-5-4-6-10-19)26(38)22(16-37(25)36(30)3)28-34-33-24(41-28)14-20-11-12-21(31)15-23(20)32;1-2/h4-6,9-12,15-16,18H,7-8,13-14,17H2,1-3H3;1-2H3. The van der Waals surface area contributed by atoms with E-state index < -0.39 is 22.7 Å². The molecule has 1 spiro atoms. The molecule has 11 heteroatoms.